The summed E-state index contributed by atoms with van der Waals surface area (Å²) in [6, 6.07) is 0. The highest BCUT2D eigenvalue weighted by Crippen LogP contribution is 2.53. The van der Waals surface area contributed by atoms with E-state index in [9.17, 15) is 0 Å². The highest BCUT2D eigenvalue weighted by Gasteiger charge is 2.28. The van der Waals surface area contributed by atoms with Crippen LogP contribution in [0.15, 0.2) is 0 Å². The normalized spacial score (nSPS) is 28.8. The van der Waals surface area contributed by atoms with Crippen LogP contribution < -0.4 is 10.8 Å². The first-order valence-corrected chi connectivity index (χ1v) is 6.99. The van der Waals surface area contributed by atoms with Gasteiger partial charge in [-0.3, -0.25) is 5.09 Å². The van der Waals surface area contributed by atoms with Gasteiger partial charge in [0.25, 0.3) is 0 Å². The van der Waals surface area contributed by atoms with Crippen LogP contribution in [0.1, 0.15) is 13.8 Å². The largest absolute Gasteiger partial charge is 0.335 e. The molecule has 0 radical (unpaired) electrons. The Labute approximate surface area is 79.4 Å². The Balaban J connectivity index is 2.18. The van der Waals surface area contributed by atoms with Crippen LogP contribution in [0, 0.1) is 5.41 Å². The Hall–Kier alpha value is 0.660. The molecule has 0 amide bonds. The van der Waals surface area contributed by atoms with E-state index in [4.69, 9.17) is 10.3 Å². The topological polar surface area (TPSA) is 47.3 Å². The van der Waals surface area contributed by atoms with E-state index >= 15 is 0 Å². The molecule has 0 bridgehead atoms. The molecule has 1 rings (SSSR count). The summed E-state index contributed by atoms with van der Waals surface area (Å²) in [5.74, 6) is 1.18. The molecule has 0 aliphatic carbocycles. The zero-order chi connectivity index (χ0) is 9.03. The molecule has 1 unspecified atom stereocenters. The zero-order valence-corrected chi connectivity index (χ0v) is 9.38. The molecule has 12 heavy (non-hydrogen) atoms. The first kappa shape index (κ1) is 10.7. The van der Waals surface area contributed by atoms with Gasteiger partial charge in [0.2, 0.25) is 0 Å². The van der Waals surface area contributed by atoms with Gasteiger partial charge in [-0.05, 0) is 5.41 Å². The van der Waals surface area contributed by atoms with Crippen LogP contribution in [0.4, 0.5) is 0 Å². The van der Waals surface area contributed by atoms with E-state index in [-0.39, 0.29) is 0 Å². The van der Waals surface area contributed by atoms with Crippen molar-refractivity contribution in [1.29, 1.82) is 0 Å². The van der Waals surface area contributed by atoms with E-state index < -0.39 is 7.50 Å². The first-order valence-electron chi connectivity index (χ1n) is 4.14. The van der Waals surface area contributed by atoms with Gasteiger partial charge in [-0.25, -0.2) is 0 Å². The van der Waals surface area contributed by atoms with Crippen molar-refractivity contribution >= 4 is 18.9 Å². The summed E-state index contributed by atoms with van der Waals surface area (Å²) >= 11 is 1.89. The minimum absolute atomic E-state index is 0.341. The quantitative estimate of drug-likeness (QED) is 0.691. The number of hydrogen-bond acceptors (Lipinski definition) is 4. The van der Waals surface area contributed by atoms with E-state index in [1.165, 1.54) is 5.75 Å². The van der Waals surface area contributed by atoms with E-state index in [0.29, 0.717) is 12.0 Å². The molecule has 1 fully saturated rings. The van der Waals surface area contributed by atoms with Crippen LogP contribution in [0.2, 0.25) is 0 Å². The van der Waals surface area contributed by atoms with Gasteiger partial charge in [-0.2, -0.15) is 0 Å². The van der Waals surface area contributed by atoms with Gasteiger partial charge >= 0.3 is 0 Å². The Morgan fingerprint density at radius 3 is 2.92 bits per heavy atom. The predicted molar refractivity (Wildman–Crippen MR) is 56.2 cm³/mol. The molecular weight excluding hydrogens is 191 g/mol. The molecule has 0 spiro atoms. The molecule has 3 N–H and O–H groups in total. The van der Waals surface area contributed by atoms with Crippen LogP contribution in [0.25, 0.3) is 0 Å². The molecule has 5 heteroatoms. The van der Waals surface area contributed by atoms with Gasteiger partial charge in [0.15, 0.2) is 7.50 Å². The molecule has 1 atom stereocenters. The maximum atomic E-state index is 5.66. The summed E-state index contributed by atoms with van der Waals surface area (Å²) in [5.41, 5.74) is 5.72. The minimum Gasteiger partial charge on any atom is -0.335 e. The zero-order valence-electron chi connectivity index (χ0n) is 7.67. The van der Waals surface area contributed by atoms with Crippen molar-refractivity contribution < 1.29 is 4.52 Å². The summed E-state index contributed by atoms with van der Waals surface area (Å²) in [5, 5.41) is 3.29. The molecule has 3 nitrogen and oxygen atoms in total. The number of hydrogen-bond donors (Lipinski definition) is 2. The second kappa shape index (κ2) is 4.77. The van der Waals surface area contributed by atoms with E-state index in [1.54, 1.807) is 0 Å². The number of nitrogens with two attached hydrogens (primary N) is 1. The standard InChI is InChI=1S/C7H17N2OPS/c1-7(2)5-10-11(12-6-7)9-4-3-8/h9H,3-6,8H2,1-2H3. The summed E-state index contributed by atoms with van der Waals surface area (Å²) in [6.45, 7) is 6.87. The van der Waals surface area contributed by atoms with Crippen molar-refractivity contribution in [1.82, 2.24) is 5.09 Å². The lowest BCUT2D eigenvalue weighted by atomic mass is 9.98. The lowest BCUT2D eigenvalue weighted by molar-refractivity contribution is 0.216. The van der Waals surface area contributed by atoms with E-state index in [0.717, 1.165) is 13.2 Å². The summed E-state index contributed by atoms with van der Waals surface area (Å²) in [6.07, 6.45) is 0. The van der Waals surface area contributed by atoms with Gasteiger partial charge in [0.05, 0.1) is 6.61 Å². The van der Waals surface area contributed by atoms with Gasteiger partial charge in [0, 0.05) is 18.8 Å². The lowest BCUT2D eigenvalue weighted by Crippen LogP contribution is -2.28. The van der Waals surface area contributed by atoms with Crippen LogP contribution in [-0.2, 0) is 4.52 Å². The Bertz CT molecular complexity index is 135. The summed E-state index contributed by atoms with van der Waals surface area (Å²) < 4.78 is 5.66. The second-order valence-electron chi connectivity index (χ2n) is 3.66. The highest BCUT2D eigenvalue weighted by molar-refractivity contribution is 8.53. The molecule has 1 aliphatic heterocycles. The molecule has 0 aromatic heterocycles. The third-order valence-electron chi connectivity index (χ3n) is 1.53. The average molecular weight is 208 g/mol. The third kappa shape index (κ3) is 3.58. The van der Waals surface area contributed by atoms with Gasteiger partial charge in [0.1, 0.15) is 0 Å². The SMILES string of the molecule is CC1(C)COP(NCCN)SC1. The smallest absolute Gasteiger partial charge is 0.166 e. The monoisotopic (exact) mass is 208 g/mol. The maximum Gasteiger partial charge on any atom is 0.166 e. The van der Waals surface area contributed by atoms with Crippen molar-refractivity contribution in [2.24, 2.45) is 11.1 Å². The minimum atomic E-state index is -0.449. The number of rotatable bonds is 3. The fourth-order valence-corrected chi connectivity index (χ4v) is 4.71. The lowest BCUT2D eigenvalue weighted by Gasteiger charge is -2.33. The van der Waals surface area contributed by atoms with E-state index in [1.807, 2.05) is 11.4 Å². The Morgan fingerprint density at radius 2 is 2.42 bits per heavy atom. The predicted octanol–water partition coefficient (Wildman–Crippen LogP) is 1.55. The Morgan fingerprint density at radius 1 is 1.67 bits per heavy atom. The van der Waals surface area contributed by atoms with Crippen LogP contribution in [0.5, 0.6) is 0 Å². The first-order chi connectivity index (χ1) is 5.64. The molecule has 1 saturated heterocycles. The van der Waals surface area contributed by atoms with Crippen molar-refractivity contribution in [3.8, 4) is 0 Å². The summed E-state index contributed by atoms with van der Waals surface area (Å²) in [7, 11) is -0.449. The maximum absolute atomic E-state index is 5.66. The fraction of sp³-hybridized carbons (Fsp3) is 1.00. The third-order valence-corrected chi connectivity index (χ3v) is 5.32. The molecule has 0 aromatic rings. The van der Waals surface area contributed by atoms with E-state index in [2.05, 4.69) is 18.9 Å². The molecule has 0 aromatic carbocycles. The molecule has 1 aliphatic rings. The molecule has 0 saturated carbocycles. The number of nitrogens with one attached hydrogen (secondary N) is 1. The van der Waals surface area contributed by atoms with Crippen LogP contribution in [0.3, 0.4) is 0 Å². The highest BCUT2D eigenvalue weighted by atomic mass is 32.7. The van der Waals surface area contributed by atoms with Crippen molar-refractivity contribution in [3.63, 3.8) is 0 Å². The van der Waals surface area contributed by atoms with Crippen molar-refractivity contribution in [3.05, 3.63) is 0 Å². The van der Waals surface area contributed by atoms with Crippen molar-refractivity contribution in [2.75, 3.05) is 25.4 Å². The second-order valence-corrected chi connectivity index (χ2v) is 7.07. The van der Waals surface area contributed by atoms with Gasteiger partial charge in [-0.15, -0.1) is 0 Å². The molecule has 1 heterocycles. The van der Waals surface area contributed by atoms with Crippen molar-refractivity contribution in [2.45, 2.75) is 13.8 Å². The fourth-order valence-electron chi connectivity index (χ4n) is 0.793. The van der Waals surface area contributed by atoms with Gasteiger partial charge in [-0.1, -0.05) is 25.2 Å². The van der Waals surface area contributed by atoms with Crippen LogP contribution >= 0.6 is 18.9 Å². The van der Waals surface area contributed by atoms with Crippen LogP contribution in [-0.4, -0.2) is 25.4 Å². The summed E-state index contributed by atoms with van der Waals surface area (Å²) in [4.78, 5) is 0. The molecule has 72 valence electrons. The molecular formula is C7H17N2OPS. The Kier molecular flexibility index (Phi) is 4.27. The van der Waals surface area contributed by atoms with Gasteiger partial charge < -0.3 is 10.3 Å². The average Bonchev–Trinajstić information content (AvgIpc) is 2.03.